The van der Waals surface area contributed by atoms with Crippen LogP contribution in [0, 0.1) is 5.92 Å². The normalized spacial score (nSPS) is 10.9. The molecule has 0 spiro atoms. The highest BCUT2D eigenvalue weighted by Crippen LogP contribution is 2.22. The van der Waals surface area contributed by atoms with Gasteiger partial charge in [-0.2, -0.15) is 0 Å². The molecule has 3 heteroatoms. The predicted molar refractivity (Wildman–Crippen MR) is 72.6 cm³/mol. The lowest BCUT2D eigenvalue weighted by Crippen LogP contribution is -2.10. The molecule has 1 heterocycles. The largest absolute Gasteiger partial charge is 0.487 e. The van der Waals surface area contributed by atoms with E-state index in [4.69, 9.17) is 4.74 Å². The number of nitrogens with zero attached hydrogens (tertiary/aromatic N) is 1. The first-order chi connectivity index (χ1) is 8.09. The molecule has 1 N–H and O–H groups in total. The molecule has 0 saturated carbocycles. The Balaban J connectivity index is 2.46. The van der Waals surface area contributed by atoms with E-state index in [9.17, 15) is 0 Å². The lowest BCUT2D eigenvalue weighted by molar-refractivity contribution is 0.243. The second kappa shape index (κ2) is 7.15. The highest BCUT2D eigenvalue weighted by molar-refractivity contribution is 5.49. The Labute approximate surface area is 105 Å². The molecule has 17 heavy (non-hydrogen) atoms. The van der Waals surface area contributed by atoms with Gasteiger partial charge in [-0.15, -0.1) is 0 Å². The van der Waals surface area contributed by atoms with E-state index in [0.717, 1.165) is 30.5 Å². The van der Waals surface area contributed by atoms with Crippen molar-refractivity contribution in [3.05, 3.63) is 18.3 Å². The smallest absolute Gasteiger partial charge is 0.168 e. The molecule has 0 aliphatic carbocycles. The van der Waals surface area contributed by atoms with E-state index >= 15 is 0 Å². The van der Waals surface area contributed by atoms with Crippen LogP contribution in [0.3, 0.4) is 0 Å². The maximum absolute atomic E-state index is 5.70. The van der Waals surface area contributed by atoms with Crippen LogP contribution in [0.4, 0.5) is 5.82 Å². The van der Waals surface area contributed by atoms with Crippen LogP contribution in [0.1, 0.15) is 40.5 Å². The fourth-order valence-electron chi connectivity index (χ4n) is 1.59. The van der Waals surface area contributed by atoms with Crippen LogP contribution in [0.5, 0.6) is 5.75 Å². The molecule has 96 valence electrons. The Morgan fingerprint density at radius 1 is 1.29 bits per heavy atom. The zero-order chi connectivity index (χ0) is 12.7. The summed E-state index contributed by atoms with van der Waals surface area (Å²) in [7, 11) is 0. The predicted octanol–water partition coefficient (Wildman–Crippen LogP) is 3.72. The molecule has 0 amide bonds. The van der Waals surface area contributed by atoms with Crippen LogP contribution in [0.2, 0.25) is 0 Å². The van der Waals surface area contributed by atoms with Crippen molar-refractivity contribution in [3.63, 3.8) is 0 Å². The molecule has 0 saturated heterocycles. The van der Waals surface area contributed by atoms with Crippen LogP contribution < -0.4 is 10.1 Å². The molecule has 0 aliphatic rings. The molecule has 0 radical (unpaired) electrons. The van der Waals surface area contributed by atoms with Crippen molar-refractivity contribution in [2.75, 3.05) is 11.9 Å². The first kappa shape index (κ1) is 13.8. The highest BCUT2D eigenvalue weighted by Gasteiger charge is 2.05. The second-order valence-corrected chi connectivity index (χ2v) is 4.98. The number of hydrogen-bond donors (Lipinski definition) is 1. The Kier molecular flexibility index (Phi) is 5.81. The number of nitrogens with one attached hydrogen (secondary N) is 1. The molecular weight excluding hydrogens is 212 g/mol. The molecule has 1 aromatic heterocycles. The summed E-state index contributed by atoms with van der Waals surface area (Å²) in [5.41, 5.74) is 0. The second-order valence-electron chi connectivity index (χ2n) is 4.98. The highest BCUT2D eigenvalue weighted by atomic mass is 16.5. The van der Waals surface area contributed by atoms with Crippen LogP contribution in [0.15, 0.2) is 18.3 Å². The number of rotatable bonds is 7. The summed E-state index contributed by atoms with van der Waals surface area (Å²) in [6.45, 7) is 9.48. The molecule has 0 unspecified atom stereocenters. The first-order valence-corrected chi connectivity index (χ1v) is 6.45. The van der Waals surface area contributed by atoms with Crippen LogP contribution in [-0.4, -0.2) is 17.6 Å². The third-order valence-electron chi connectivity index (χ3n) is 2.38. The minimum Gasteiger partial charge on any atom is -0.487 e. The van der Waals surface area contributed by atoms with Gasteiger partial charge >= 0.3 is 0 Å². The van der Waals surface area contributed by atoms with Gasteiger partial charge in [-0.3, -0.25) is 0 Å². The van der Waals surface area contributed by atoms with Gasteiger partial charge in [-0.25, -0.2) is 4.98 Å². The minimum absolute atomic E-state index is 0.176. The summed E-state index contributed by atoms with van der Waals surface area (Å²) in [6.07, 6.45) is 4.36. The van der Waals surface area contributed by atoms with Gasteiger partial charge in [-0.1, -0.05) is 13.8 Å². The van der Waals surface area contributed by atoms with Crippen molar-refractivity contribution in [1.29, 1.82) is 0 Å². The number of aromatic nitrogens is 1. The Morgan fingerprint density at radius 3 is 2.71 bits per heavy atom. The summed E-state index contributed by atoms with van der Waals surface area (Å²) < 4.78 is 5.70. The topological polar surface area (TPSA) is 34.2 Å². The Bertz CT molecular complexity index is 324. The van der Waals surface area contributed by atoms with Gasteiger partial charge in [-0.05, 0) is 44.7 Å². The van der Waals surface area contributed by atoms with E-state index in [2.05, 4.69) is 24.1 Å². The molecule has 0 aliphatic heterocycles. The quantitative estimate of drug-likeness (QED) is 0.733. The van der Waals surface area contributed by atoms with Gasteiger partial charge in [0.1, 0.15) is 0 Å². The molecule has 3 nitrogen and oxygen atoms in total. The monoisotopic (exact) mass is 236 g/mol. The van der Waals surface area contributed by atoms with Crippen molar-refractivity contribution in [1.82, 2.24) is 4.98 Å². The zero-order valence-corrected chi connectivity index (χ0v) is 11.4. The first-order valence-electron chi connectivity index (χ1n) is 6.45. The fourth-order valence-corrected chi connectivity index (χ4v) is 1.59. The molecule has 1 rings (SSSR count). The summed E-state index contributed by atoms with van der Waals surface area (Å²) >= 11 is 0. The zero-order valence-electron chi connectivity index (χ0n) is 11.4. The molecule has 1 aromatic rings. The Hall–Kier alpha value is -1.25. The van der Waals surface area contributed by atoms with Crippen molar-refractivity contribution < 1.29 is 4.74 Å². The van der Waals surface area contributed by atoms with Crippen LogP contribution >= 0.6 is 0 Å². The van der Waals surface area contributed by atoms with Crippen molar-refractivity contribution in [2.45, 2.75) is 46.6 Å². The SMILES string of the molecule is CC(C)CCCNc1ncccc1OC(C)C. The summed E-state index contributed by atoms with van der Waals surface area (Å²) in [4.78, 5) is 4.31. The third-order valence-corrected chi connectivity index (χ3v) is 2.38. The average molecular weight is 236 g/mol. The number of hydrogen-bond acceptors (Lipinski definition) is 3. The summed E-state index contributed by atoms with van der Waals surface area (Å²) in [5, 5.41) is 3.34. The maximum atomic E-state index is 5.70. The van der Waals surface area contributed by atoms with E-state index in [1.54, 1.807) is 6.20 Å². The van der Waals surface area contributed by atoms with Crippen LogP contribution in [-0.2, 0) is 0 Å². The van der Waals surface area contributed by atoms with Crippen molar-refractivity contribution in [3.8, 4) is 5.75 Å². The summed E-state index contributed by atoms with van der Waals surface area (Å²) in [6, 6.07) is 3.86. The fraction of sp³-hybridized carbons (Fsp3) is 0.643. The minimum atomic E-state index is 0.176. The molecule has 0 fully saturated rings. The van der Waals surface area contributed by atoms with Gasteiger partial charge in [0, 0.05) is 12.7 Å². The van der Waals surface area contributed by atoms with Crippen molar-refractivity contribution in [2.24, 2.45) is 5.92 Å². The van der Waals surface area contributed by atoms with Crippen molar-refractivity contribution >= 4 is 5.82 Å². The lowest BCUT2D eigenvalue weighted by atomic mass is 10.1. The molecule has 0 atom stereocenters. The summed E-state index contributed by atoms with van der Waals surface area (Å²) in [5.74, 6) is 2.45. The molecule has 0 aromatic carbocycles. The third kappa shape index (κ3) is 5.57. The van der Waals surface area contributed by atoms with Gasteiger partial charge < -0.3 is 10.1 Å². The van der Waals surface area contributed by atoms with E-state index in [1.165, 1.54) is 6.42 Å². The Morgan fingerprint density at radius 2 is 2.06 bits per heavy atom. The lowest BCUT2D eigenvalue weighted by Gasteiger charge is -2.14. The average Bonchev–Trinajstić information content (AvgIpc) is 2.25. The number of pyridine rings is 1. The molecular formula is C14H24N2O. The standard InChI is InChI=1S/C14H24N2O/c1-11(2)7-5-9-15-14-13(17-12(3)4)8-6-10-16-14/h6,8,10-12H,5,7,9H2,1-4H3,(H,15,16). The van der Waals surface area contributed by atoms with E-state index < -0.39 is 0 Å². The van der Waals surface area contributed by atoms with Gasteiger partial charge in [0.25, 0.3) is 0 Å². The van der Waals surface area contributed by atoms with Crippen LogP contribution in [0.25, 0.3) is 0 Å². The van der Waals surface area contributed by atoms with Gasteiger partial charge in [0.2, 0.25) is 0 Å². The van der Waals surface area contributed by atoms with E-state index in [-0.39, 0.29) is 6.10 Å². The van der Waals surface area contributed by atoms with E-state index in [1.807, 2.05) is 26.0 Å². The molecule has 0 bridgehead atoms. The van der Waals surface area contributed by atoms with Gasteiger partial charge in [0.15, 0.2) is 11.6 Å². The van der Waals surface area contributed by atoms with Gasteiger partial charge in [0.05, 0.1) is 6.10 Å². The number of ether oxygens (including phenoxy) is 1. The number of anilines is 1. The van der Waals surface area contributed by atoms with E-state index in [0.29, 0.717) is 0 Å². The maximum Gasteiger partial charge on any atom is 0.168 e.